The average Bonchev–Trinajstić information content (AvgIpc) is 2.53. The number of anilines is 1. The normalized spacial score (nSPS) is 17.8. The first-order valence-electron chi connectivity index (χ1n) is 8.06. The summed E-state index contributed by atoms with van der Waals surface area (Å²) in [6.45, 7) is 4.00. The highest BCUT2D eigenvalue weighted by atomic mass is 35.5. The van der Waals surface area contributed by atoms with Gasteiger partial charge in [0.25, 0.3) is 0 Å². The molecule has 1 aliphatic rings. The van der Waals surface area contributed by atoms with Gasteiger partial charge in [-0.15, -0.1) is 0 Å². The van der Waals surface area contributed by atoms with Crippen molar-refractivity contribution in [2.45, 2.75) is 31.9 Å². The van der Waals surface area contributed by atoms with Crippen LogP contribution >= 0.6 is 11.6 Å². The first-order valence-corrected chi connectivity index (χ1v) is 8.44. The minimum atomic E-state index is -0.395. The summed E-state index contributed by atoms with van der Waals surface area (Å²) in [6, 6.07) is 12.2. The number of carbonyl (C=O) groups is 1. The third-order valence-corrected chi connectivity index (χ3v) is 4.30. The van der Waals surface area contributed by atoms with E-state index in [1.807, 2.05) is 32.0 Å². The van der Waals surface area contributed by atoms with E-state index in [9.17, 15) is 4.79 Å². The lowest BCUT2D eigenvalue weighted by Crippen LogP contribution is -2.42. The lowest BCUT2D eigenvalue weighted by atomic mass is 9.89. The number of methoxy groups -OCH3 is 1. The molecule has 132 valence electrons. The van der Waals surface area contributed by atoms with Crippen LogP contribution in [0.3, 0.4) is 0 Å². The van der Waals surface area contributed by atoms with E-state index in [0.717, 1.165) is 17.1 Å². The van der Waals surface area contributed by atoms with E-state index < -0.39 is 5.60 Å². The molecule has 0 saturated carbocycles. The van der Waals surface area contributed by atoms with Crippen LogP contribution in [0.1, 0.15) is 31.9 Å². The maximum Gasteiger partial charge on any atom is 0.319 e. The fraction of sp³-hybridized carbons (Fsp3) is 0.316. The molecular formula is C19H21ClN2O3. The molecule has 2 aromatic rings. The molecule has 6 heteroatoms. The van der Waals surface area contributed by atoms with Crippen molar-refractivity contribution in [3.63, 3.8) is 0 Å². The van der Waals surface area contributed by atoms with Crippen molar-refractivity contribution >= 4 is 23.3 Å². The first kappa shape index (κ1) is 17.4. The summed E-state index contributed by atoms with van der Waals surface area (Å²) in [5.74, 6) is 1.45. The Morgan fingerprint density at radius 1 is 1.28 bits per heavy atom. The Balaban J connectivity index is 1.79. The molecule has 25 heavy (non-hydrogen) atoms. The van der Waals surface area contributed by atoms with Crippen molar-refractivity contribution in [2.75, 3.05) is 12.4 Å². The molecule has 1 atom stereocenters. The van der Waals surface area contributed by atoms with Crippen LogP contribution in [0, 0.1) is 0 Å². The van der Waals surface area contributed by atoms with Crippen LogP contribution in [0.15, 0.2) is 42.5 Å². The summed E-state index contributed by atoms with van der Waals surface area (Å²) in [7, 11) is 1.61. The molecule has 0 unspecified atom stereocenters. The van der Waals surface area contributed by atoms with Crippen molar-refractivity contribution in [1.29, 1.82) is 0 Å². The second-order valence-electron chi connectivity index (χ2n) is 6.63. The zero-order chi connectivity index (χ0) is 18.0. The lowest BCUT2D eigenvalue weighted by Gasteiger charge is -2.38. The molecule has 0 aliphatic carbocycles. The Morgan fingerprint density at radius 2 is 2.08 bits per heavy atom. The van der Waals surface area contributed by atoms with Crippen molar-refractivity contribution in [3.05, 3.63) is 53.1 Å². The van der Waals surface area contributed by atoms with Gasteiger partial charge in [0, 0.05) is 28.8 Å². The quantitative estimate of drug-likeness (QED) is 0.828. The van der Waals surface area contributed by atoms with Crippen LogP contribution < -0.4 is 20.1 Å². The number of hydrogen-bond acceptors (Lipinski definition) is 3. The Bertz CT molecular complexity index is 792. The smallest absolute Gasteiger partial charge is 0.319 e. The predicted octanol–water partition coefficient (Wildman–Crippen LogP) is 4.77. The average molecular weight is 361 g/mol. The molecule has 0 fully saturated rings. The van der Waals surface area contributed by atoms with Crippen molar-refractivity contribution in [3.8, 4) is 11.5 Å². The van der Waals surface area contributed by atoms with Gasteiger partial charge in [0.1, 0.15) is 17.1 Å². The summed E-state index contributed by atoms with van der Waals surface area (Å²) in [5, 5.41) is 6.40. The molecule has 2 aromatic carbocycles. The number of ether oxygens (including phenoxy) is 2. The Morgan fingerprint density at radius 3 is 2.80 bits per heavy atom. The predicted molar refractivity (Wildman–Crippen MR) is 98.7 cm³/mol. The van der Waals surface area contributed by atoms with Gasteiger partial charge in [0.15, 0.2) is 0 Å². The van der Waals surface area contributed by atoms with Crippen molar-refractivity contribution < 1.29 is 14.3 Å². The van der Waals surface area contributed by atoms with Gasteiger partial charge < -0.3 is 20.1 Å². The van der Waals surface area contributed by atoms with Crippen LogP contribution in [0.25, 0.3) is 0 Å². The number of urea groups is 1. The van der Waals surface area contributed by atoms with E-state index in [4.69, 9.17) is 21.1 Å². The molecule has 1 heterocycles. The SMILES string of the molecule is COc1ccc2c(c1)OC(C)(C)C[C@@H]2NC(=O)Nc1cccc(Cl)c1. The number of hydrogen-bond donors (Lipinski definition) is 2. The van der Waals surface area contributed by atoms with Crippen LogP contribution in [0.2, 0.25) is 5.02 Å². The molecule has 2 amide bonds. The molecule has 0 spiro atoms. The summed E-state index contributed by atoms with van der Waals surface area (Å²) >= 11 is 5.95. The van der Waals surface area contributed by atoms with Crippen LogP contribution in [0.5, 0.6) is 11.5 Å². The van der Waals surface area contributed by atoms with E-state index in [1.54, 1.807) is 31.4 Å². The zero-order valence-corrected chi connectivity index (χ0v) is 15.2. The van der Waals surface area contributed by atoms with Gasteiger partial charge in [-0.3, -0.25) is 0 Å². The number of nitrogens with one attached hydrogen (secondary N) is 2. The standard InChI is InChI=1S/C19H21ClN2O3/c1-19(2)11-16(15-8-7-14(24-3)10-17(15)25-19)22-18(23)21-13-6-4-5-12(20)9-13/h4-10,16H,11H2,1-3H3,(H2,21,22,23)/t16-/m0/s1. The van der Waals surface area contributed by atoms with Gasteiger partial charge in [0.2, 0.25) is 0 Å². The maximum absolute atomic E-state index is 12.4. The summed E-state index contributed by atoms with van der Waals surface area (Å²) < 4.78 is 11.3. The highest BCUT2D eigenvalue weighted by molar-refractivity contribution is 6.30. The number of fused-ring (bicyclic) bond motifs is 1. The highest BCUT2D eigenvalue weighted by Gasteiger charge is 2.34. The zero-order valence-electron chi connectivity index (χ0n) is 14.4. The van der Waals surface area contributed by atoms with Gasteiger partial charge in [-0.1, -0.05) is 17.7 Å². The van der Waals surface area contributed by atoms with Gasteiger partial charge >= 0.3 is 6.03 Å². The van der Waals surface area contributed by atoms with E-state index in [-0.39, 0.29) is 12.1 Å². The molecule has 3 rings (SSSR count). The number of amides is 2. The van der Waals surface area contributed by atoms with Crippen LogP contribution in [-0.2, 0) is 0 Å². The minimum absolute atomic E-state index is 0.163. The monoisotopic (exact) mass is 360 g/mol. The molecule has 0 bridgehead atoms. The van der Waals surface area contributed by atoms with Gasteiger partial charge in [0.05, 0.1) is 13.2 Å². The second-order valence-corrected chi connectivity index (χ2v) is 7.07. The fourth-order valence-electron chi connectivity index (χ4n) is 2.98. The van der Waals surface area contributed by atoms with Crippen molar-refractivity contribution in [1.82, 2.24) is 5.32 Å². The van der Waals surface area contributed by atoms with E-state index >= 15 is 0 Å². The molecule has 0 aromatic heterocycles. The lowest BCUT2D eigenvalue weighted by molar-refractivity contribution is 0.0679. The number of benzene rings is 2. The van der Waals surface area contributed by atoms with Gasteiger partial charge in [-0.25, -0.2) is 4.79 Å². The molecular weight excluding hydrogens is 340 g/mol. The Hall–Kier alpha value is -2.40. The van der Waals surface area contributed by atoms with Crippen LogP contribution in [0.4, 0.5) is 10.5 Å². The number of rotatable bonds is 3. The molecule has 0 saturated heterocycles. The Kier molecular flexibility index (Phi) is 4.77. The summed E-state index contributed by atoms with van der Waals surface area (Å²) in [4.78, 5) is 12.4. The van der Waals surface area contributed by atoms with Crippen LogP contribution in [-0.4, -0.2) is 18.7 Å². The number of halogens is 1. The van der Waals surface area contributed by atoms with Gasteiger partial charge in [-0.05, 0) is 44.2 Å². The minimum Gasteiger partial charge on any atom is -0.497 e. The Labute approximate surface area is 152 Å². The fourth-order valence-corrected chi connectivity index (χ4v) is 3.17. The third-order valence-electron chi connectivity index (χ3n) is 4.07. The summed E-state index contributed by atoms with van der Waals surface area (Å²) in [5.41, 5.74) is 1.18. The van der Waals surface area contributed by atoms with E-state index in [0.29, 0.717) is 17.1 Å². The topological polar surface area (TPSA) is 59.6 Å². The maximum atomic E-state index is 12.4. The van der Waals surface area contributed by atoms with Gasteiger partial charge in [-0.2, -0.15) is 0 Å². The molecule has 5 nitrogen and oxygen atoms in total. The second kappa shape index (κ2) is 6.84. The molecule has 2 N–H and O–H groups in total. The van der Waals surface area contributed by atoms with E-state index in [2.05, 4.69) is 10.6 Å². The number of carbonyl (C=O) groups excluding carboxylic acids is 1. The molecule has 1 aliphatic heterocycles. The molecule has 0 radical (unpaired) electrons. The highest BCUT2D eigenvalue weighted by Crippen LogP contribution is 2.41. The first-order chi connectivity index (χ1) is 11.9. The van der Waals surface area contributed by atoms with E-state index in [1.165, 1.54) is 0 Å². The third kappa shape index (κ3) is 4.17. The van der Waals surface area contributed by atoms with Crippen molar-refractivity contribution in [2.24, 2.45) is 0 Å². The summed E-state index contributed by atoms with van der Waals surface area (Å²) in [6.07, 6.45) is 0.662. The largest absolute Gasteiger partial charge is 0.497 e.